The van der Waals surface area contributed by atoms with Gasteiger partial charge in [0.05, 0.1) is 0 Å². The largest absolute Gasteiger partial charge is 0.0622 e. The Morgan fingerprint density at radius 2 is 0.594 bits per heavy atom. The van der Waals surface area contributed by atoms with Crippen LogP contribution in [0.5, 0.6) is 0 Å². The fourth-order valence-corrected chi connectivity index (χ4v) is 11.1. The van der Waals surface area contributed by atoms with Crippen LogP contribution in [-0.4, -0.2) is 0 Å². The first-order valence-electron chi connectivity index (χ1n) is 22.3. The molecule has 294 valence electrons. The molecule has 0 amide bonds. The Hall–Kier alpha value is -8.32. The van der Waals surface area contributed by atoms with Gasteiger partial charge in [-0.1, -0.05) is 206 Å². The number of benzene rings is 14. The summed E-state index contributed by atoms with van der Waals surface area (Å²) in [6.07, 6.45) is 0. The van der Waals surface area contributed by atoms with Crippen LogP contribution in [0.3, 0.4) is 0 Å². The van der Waals surface area contributed by atoms with Gasteiger partial charge in [-0.2, -0.15) is 0 Å². The van der Waals surface area contributed by atoms with Crippen LogP contribution < -0.4 is 0 Å². The van der Waals surface area contributed by atoms with E-state index in [4.69, 9.17) is 0 Å². The minimum atomic E-state index is 1.20. The van der Waals surface area contributed by atoms with Gasteiger partial charge < -0.3 is 0 Å². The van der Waals surface area contributed by atoms with Crippen molar-refractivity contribution in [2.24, 2.45) is 0 Å². The molecular formula is C64H38. The van der Waals surface area contributed by atoms with Gasteiger partial charge in [0.25, 0.3) is 0 Å². The monoisotopic (exact) mass is 806 g/mol. The highest BCUT2D eigenvalue weighted by Gasteiger charge is 2.19. The first kappa shape index (κ1) is 35.3. The van der Waals surface area contributed by atoms with Gasteiger partial charge in [-0.3, -0.25) is 0 Å². The molecule has 0 saturated heterocycles. The third-order valence-corrected chi connectivity index (χ3v) is 14.1. The van der Waals surface area contributed by atoms with Gasteiger partial charge in [-0.05, 0) is 166 Å². The summed E-state index contributed by atoms with van der Waals surface area (Å²) >= 11 is 0. The van der Waals surface area contributed by atoms with Crippen molar-refractivity contribution in [3.8, 4) is 55.6 Å². The first-order chi connectivity index (χ1) is 31.7. The summed E-state index contributed by atoms with van der Waals surface area (Å²) < 4.78 is 0. The van der Waals surface area contributed by atoms with Crippen LogP contribution in [0.15, 0.2) is 231 Å². The number of hydrogen-bond donors (Lipinski definition) is 0. The molecule has 0 fully saturated rings. The summed E-state index contributed by atoms with van der Waals surface area (Å²) in [6.45, 7) is 0. The molecule has 0 bridgehead atoms. The summed E-state index contributed by atoms with van der Waals surface area (Å²) in [5.41, 5.74) is 12.3. The molecule has 0 atom stereocenters. The van der Waals surface area contributed by atoms with Gasteiger partial charge in [0, 0.05) is 0 Å². The molecule has 0 N–H and O–H groups in total. The molecule has 0 heteroatoms. The van der Waals surface area contributed by atoms with Crippen LogP contribution in [0, 0.1) is 0 Å². The summed E-state index contributed by atoms with van der Waals surface area (Å²) in [7, 11) is 0. The molecule has 14 aromatic rings. The smallest absolute Gasteiger partial charge is 0.00206 e. The fourth-order valence-electron chi connectivity index (χ4n) is 11.1. The van der Waals surface area contributed by atoms with Crippen molar-refractivity contribution in [3.05, 3.63) is 231 Å². The Kier molecular flexibility index (Phi) is 7.49. The Balaban J connectivity index is 1.05. The lowest BCUT2D eigenvalue weighted by Gasteiger charge is -2.19. The summed E-state index contributed by atoms with van der Waals surface area (Å²) in [5, 5.41) is 20.6. The maximum atomic E-state index is 2.47. The van der Waals surface area contributed by atoms with Gasteiger partial charge in [0.15, 0.2) is 0 Å². The summed E-state index contributed by atoms with van der Waals surface area (Å²) in [5.74, 6) is 0. The zero-order chi connectivity index (χ0) is 41.9. The molecule has 0 aliphatic heterocycles. The molecule has 0 nitrogen and oxygen atoms in total. The van der Waals surface area contributed by atoms with Crippen LogP contribution in [0.4, 0.5) is 0 Å². The third-order valence-electron chi connectivity index (χ3n) is 14.1. The minimum absolute atomic E-state index is 1.20. The second-order valence-electron chi connectivity index (χ2n) is 17.6. The maximum absolute atomic E-state index is 2.47. The van der Waals surface area contributed by atoms with Crippen molar-refractivity contribution in [1.29, 1.82) is 0 Å². The van der Waals surface area contributed by atoms with E-state index < -0.39 is 0 Å². The molecule has 14 aromatic carbocycles. The SMILES string of the molecule is c1ccc(-c2ccc(-c3cccc4c(-c5ccc6ccc7cccc8ccc5c6c78)cc(-c5cc(-c6ccc7ccc8cccc9ccc6c7c89)c6ccccc6c5)cc34)cc2)cc1. The van der Waals surface area contributed by atoms with E-state index in [2.05, 4.69) is 231 Å². The van der Waals surface area contributed by atoms with Crippen molar-refractivity contribution < 1.29 is 0 Å². The lowest BCUT2D eigenvalue weighted by molar-refractivity contribution is 1.60. The summed E-state index contributed by atoms with van der Waals surface area (Å²) in [6, 6.07) is 86.5. The number of hydrogen-bond acceptors (Lipinski definition) is 0. The van der Waals surface area contributed by atoms with Crippen LogP contribution in [0.1, 0.15) is 0 Å². The molecule has 0 aliphatic carbocycles. The van der Waals surface area contributed by atoms with Crippen LogP contribution in [0.2, 0.25) is 0 Å². The van der Waals surface area contributed by atoms with E-state index in [-0.39, 0.29) is 0 Å². The topological polar surface area (TPSA) is 0 Å². The van der Waals surface area contributed by atoms with E-state index in [1.807, 2.05) is 0 Å². The predicted octanol–water partition coefficient (Wildman–Crippen LogP) is 18.1. The first-order valence-corrected chi connectivity index (χ1v) is 22.3. The predicted molar refractivity (Wildman–Crippen MR) is 276 cm³/mol. The molecule has 0 aromatic heterocycles. The Labute approximate surface area is 370 Å². The van der Waals surface area contributed by atoms with Gasteiger partial charge in [0.1, 0.15) is 0 Å². The molecule has 64 heavy (non-hydrogen) atoms. The van der Waals surface area contributed by atoms with E-state index in [1.54, 1.807) is 0 Å². The summed E-state index contributed by atoms with van der Waals surface area (Å²) in [4.78, 5) is 0. The molecule has 0 saturated carbocycles. The number of rotatable bonds is 5. The van der Waals surface area contributed by atoms with Crippen LogP contribution in [0.25, 0.3) is 142 Å². The van der Waals surface area contributed by atoms with E-state index in [0.29, 0.717) is 0 Å². The van der Waals surface area contributed by atoms with E-state index in [1.165, 1.54) is 142 Å². The lowest BCUT2D eigenvalue weighted by atomic mass is 9.84. The van der Waals surface area contributed by atoms with Gasteiger partial charge >= 0.3 is 0 Å². The van der Waals surface area contributed by atoms with Crippen molar-refractivity contribution in [2.75, 3.05) is 0 Å². The van der Waals surface area contributed by atoms with E-state index in [9.17, 15) is 0 Å². The molecule has 0 unspecified atom stereocenters. The van der Waals surface area contributed by atoms with Gasteiger partial charge in [0.2, 0.25) is 0 Å². The van der Waals surface area contributed by atoms with E-state index in [0.717, 1.165) is 0 Å². The minimum Gasteiger partial charge on any atom is -0.0622 e. The Morgan fingerprint density at radius 3 is 1.22 bits per heavy atom. The highest BCUT2D eigenvalue weighted by molar-refractivity contribution is 6.28. The maximum Gasteiger partial charge on any atom is -0.00206 e. The van der Waals surface area contributed by atoms with E-state index >= 15 is 0 Å². The molecule has 0 heterocycles. The molecule has 0 radical (unpaired) electrons. The second kappa shape index (κ2) is 13.6. The highest BCUT2D eigenvalue weighted by Crippen LogP contribution is 2.47. The lowest BCUT2D eigenvalue weighted by Crippen LogP contribution is -1.92. The average molecular weight is 807 g/mol. The molecule has 0 aliphatic rings. The molecule has 0 spiro atoms. The average Bonchev–Trinajstić information content (AvgIpc) is 3.36. The quantitative estimate of drug-likeness (QED) is 0.152. The Bertz CT molecular complexity index is 4120. The standard InChI is InChI=1S/C64H38/c1-2-9-39(10-3-1)40-19-21-41(22-20-40)51-17-8-18-53-58(51)37-50(38-60(53)55-32-28-47-26-24-43-13-7-15-45-30-34-57(55)64(47)62(43)45)49-35-48-11-4-5-16-52(48)59(36-49)54-31-27-46-25-23-42-12-6-14-44-29-33-56(54)63(46)61(42)44/h1-38H. The Morgan fingerprint density at radius 1 is 0.156 bits per heavy atom. The zero-order valence-electron chi connectivity index (χ0n) is 34.9. The molecule has 14 rings (SSSR count). The normalized spacial score (nSPS) is 12.1. The van der Waals surface area contributed by atoms with Crippen LogP contribution in [-0.2, 0) is 0 Å². The van der Waals surface area contributed by atoms with Gasteiger partial charge in [-0.25, -0.2) is 0 Å². The highest BCUT2D eigenvalue weighted by atomic mass is 14.2. The second-order valence-corrected chi connectivity index (χ2v) is 17.6. The van der Waals surface area contributed by atoms with Crippen molar-refractivity contribution in [1.82, 2.24) is 0 Å². The van der Waals surface area contributed by atoms with Crippen LogP contribution >= 0.6 is 0 Å². The van der Waals surface area contributed by atoms with Crippen molar-refractivity contribution in [2.45, 2.75) is 0 Å². The molecular weight excluding hydrogens is 769 g/mol. The fraction of sp³-hybridized carbons (Fsp3) is 0. The third kappa shape index (κ3) is 5.24. The van der Waals surface area contributed by atoms with Gasteiger partial charge in [-0.15, -0.1) is 0 Å². The number of fused-ring (bicyclic) bond motifs is 2. The van der Waals surface area contributed by atoms with Crippen molar-refractivity contribution >= 4 is 86.2 Å². The van der Waals surface area contributed by atoms with Crippen molar-refractivity contribution in [3.63, 3.8) is 0 Å². The zero-order valence-corrected chi connectivity index (χ0v) is 34.9.